The SMILES string of the molecule is Nc1ccc(Cl)c(C(=O)CCCCCNC(=O)C(F)(F)F)c1. The number of alkyl halides is 3. The predicted octanol–water partition coefficient (Wildman–Crippen LogP) is 3.34. The Kier molecular flexibility index (Phi) is 6.67. The van der Waals surface area contributed by atoms with E-state index in [4.69, 9.17) is 17.3 Å². The van der Waals surface area contributed by atoms with Gasteiger partial charge in [0.05, 0.1) is 5.02 Å². The molecule has 0 radical (unpaired) electrons. The predicted molar refractivity (Wildman–Crippen MR) is 77.7 cm³/mol. The molecular formula is C14H16ClF3N2O2. The second-order valence-electron chi connectivity index (χ2n) is 4.73. The standard InChI is InChI=1S/C14H16ClF3N2O2/c15-11-6-5-9(19)8-10(11)12(21)4-2-1-3-7-20-13(22)14(16,17)18/h5-6,8H,1-4,7,19H2,(H,20,22). The van der Waals surface area contributed by atoms with Crippen LogP contribution in [0.3, 0.4) is 0 Å². The van der Waals surface area contributed by atoms with Crippen molar-refractivity contribution in [2.75, 3.05) is 12.3 Å². The summed E-state index contributed by atoms with van der Waals surface area (Å²) in [6.07, 6.45) is -3.27. The summed E-state index contributed by atoms with van der Waals surface area (Å²) in [5, 5.41) is 2.09. The Bertz CT molecular complexity index is 547. The number of Topliss-reactive ketones (excluding diaryl/α,β-unsaturated/α-hetero) is 1. The molecule has 0 bridgehead atoms. The van der Waals surface area contributed by atoms with Gasteiger partial charge in [-0.05, 0) is 31.0 Å². The number of hydrogen-bond acceptors (Lipinski definition) is 3. The van der Waals surface area contributed by atoms with E-state index in [1.807, 2.05) is 0 Å². The number of nitrogens with two attached hydrogens (primary N) is 1. The highest BCUT2D eigenvalue weighted by Crippen LogP contribution is 2.21. The van der Waals surface area contributed by atoms with E-state index in [1.165, 1.54) is 12.1 Å². The third-order valence-electron chi connectivity index (χ3n) is 2.91. The molecule has 1 rings (SSSR count). The van der Waals surface area contributed by atoms with Gasteiger partial charge in [0.1, 0.15) is 0 Å². The smallest absolute Gasteiger partial charge is 0.399 e. The maximum Gasteiger partial charge on any atom is 0.471 e. The summed E-state index contributed by atoms with van der Waals surface area (Å²) in [5.41, 5.74) is 6.35. The van der Waals surface area contributed by atoms with Crippen LogP contribution in [0.4, 0.5) is 18.9 Å². The number of nitrogen functional groups attached to an aromatic ring is 1. The van der Waals surface area contributed by atoms with Gasteiger partial charge in [-0.2, -0.15) is 13.2 Å². The number of amides is 1. The zero-order chi connectivity index (χ0) is 16.8. The van der Waals surface area contributed by atoms with Crippen LogP contribution < -0.4 is 11.1 Å². The molecule has 1 amide bonds. The number of unbranched alkanes of at least 4 members (excludes halogenated alkanes) is 2. The first-order valence-corrected chi connectivity index (χ1v) is 7.03. The molecular weight excluding hydrogens is 321 g/mol. The summed E-state index contributed by atoms with van der Waals surface area (Å²) >= 11 is 5.90. The topological polar surface area (TPSA) is 72.2 Å². The second kappa shape index (κ2) is 8.03. The van der Waals surface area contributed by atoms with E-state index < -0.39 is 12.1 Å². The lowest BCUT2D eigenvalue weighted by molar-refractivity contribution is -0.173. The Labute approximate surface area is 130 Å². The highest BCUT2D eigenvalue weighted by atomic mass is 35.5. The zero-order valence-electron chi connectivity index (χ0n) is 11.7. The Morgan fingerprint density at radius 3 is 2.50 bits per heavy atom. The number of benzene rings is 1. The lowest BCUT2D eigenvalue weighted by Crippen LogP contribution is -2.37. The van der Waals surface area contributed by atoms with Crippen LogP contribution in [0.1, 0.15) is 36.0 Å². The molecule has 3 N–H and O–H groups in total. The van der Waals surface area contributed by atoms with E-state index in [9.17, 15) is 22.8 Å². The number of hydrogen-bond donors (Lipinski definition) is 2. The monoisotopic (exact) mass is 336 g/mol. The van der Waals surface area contributed by atoms with E-state index in [-0.39, 0.29) is 18.7 Å². The summed E-state index contributed by atoms with van der Waals surface area (Å²) < 4.78 is 35.7. The van der Waals surface area contributed by atoms with E-state index in [1.54, 1.807) is 11.4 Å². The first kappa shape index (κ1) is 18.3. The molecule has 1 aromatic carbocycles. The molecule has 0 fully saturated rings. The number of carbonyl (C=O) groups excluding carboxylic acids is 2. The van der Waals surface area contributed by atoms with Gasteiger partial charge >= 0.3 is 12.1 Å². The van der Waals surface area contributed by atoms with Crippen LogP contribution >= 0.6 is 11.6 Å². The Hall–Kier alpha value is -1.76. The minimum Gasteiger partial charge on any atom is -0.399 e. The summed E-state index contributed by atoms with van der Waals surface area (Å²) in [6.45, 7) is -0.0778. The molecule has 4 nitrogen and oxygen atoms in total. The van der Waals surface area contributed by atoms with Gasteiger partial charge in [-0.1, -0.05) is 18.0 Å². The van der Waals surface area contributed by atoms with Crippen LogP contribution in [0.15, 0.2) is 18.2 Å². The first-order valence-electron chi connectivity index (χ1n) is 6.65. The van der Waals surface area contributed by atoms with Gasteiger partial charge in [-0.3, -0.25) is 9.59 Å². The average Bonchev–Trinajstić information content (AvgIpc) is 2.43. The van der Waals surface area contributed by atoms with Crippen molar-refractivity contribution in [1.82, 2.24) is 5.32 Å². The fourth-order valence-corrected chi connectivity index (χ4v) is 2.00. The van der Waals surface area contributed by atoms with E-state index in [0.29, 0.717) is 35.5 Å². The van der Waals surface area contributed by atoms with Gasteiger partial charge in [0.15, 0.2) is 5.78 Å². The van der Waals surface area contributed by atoms with Crippen LogP contribution in [0.2, 0.25) is 5.02 Å². The summed E-state index contributed by atoms with van der Waals surface area (Å²) in [6, 6.07) is 4.62. The fraction of sp³-hybridized carbons (Fsp3) is 0.429. The van der Waals surface area contributed by atoms with Gasteiger partial charge in [0, 0.05) is 24.2 Å². The zero-order valence-corrected chi connectivity index (χ0v) is 12.4. The van der Waals surface area contributed by atoms with Crippen LogP contribution in [0.5, 0.6) is 0 Å². The quantitative estimate of drug-likeness (QED) is 0.455. The van der Waals surface area contributed by atoms with E-state index in [0.717, 1.165) is 0 Å². The maximum atomic E-state index is 11.9. The van der Waals surface area contributed by atoms with Crippen molar-refractivity contribution >= 4 is 29.0 Å². The van der Waals surface area contributed by atoms with Crippen LogP contribution in [0.25, 0.3) is 0 Å². The molecule has 0 aliphatic rings. The molecule has 0 heterocycles. The summed E-state index contributed by atoms with van der Waals surface area (Å²) in [5.74, 6) is -2.12. The number of nitrogens with one attached hydrogen (secondary N) is 1. The molecule has 1 aromatic rings. The fourth-order valence-electron chi connectivity index (χ4n) is 1.78. The lowest BCUT2D eigenvalue weighted by atomic mass is 10.0. The minimum absolute atomic E-state index is 0.0778. The molecule has 0 aliphatic carbocycles. The molecule has 0 spiro atoms. The highest BCUT2D eigenvalue weighted by molar-refractivity contribution is 6.34. The molecule has 122 valence electrons. The number of rotatable bonds is 7. The third kappa shape index (κ3) is 5.93. The molecule has 0 saturated heterocycles. The summed E-state index contributed by atoms with van der Waals surface area (Å²) in [4.78, 5) is 22.5. The van der Waals surface area contributed by atoms with Gasteiger partial charge < -0.3 is 11.1 Å². The van der Waals surface area contributed by atoms with Crippen molar-refractivity contribution in [3.63, 3.8) is 0 Å². The van der Waals surface area contributed by atoms with Crippen LogP contribution in [-0.4, -0.2) is 24.4 Å². The lowest BCUT2D eigenvalue weighted by Gasteiger charge is -2.08. The molecule has 0 saturated carbocycles. The van der Waals surface area contributed by atoms with Gasteiger partial charge in [-0.25, -0.2) is 0 Å². The third-order valence-corrected chi connectivity index (χ3v) is 3.24. The molecule has 0 aliphatic heterocycles. The largest absolute Gasteiger partial charge is 0.471 e. The molecule has 0 aromatic heterocycles. The van der Waals surface area contributed by atoms with Crippen molar-refractivity contribution in [2.45, 2.75) is 31.9 Å². The summed E-state index contributed by atoms with van der Waals surface area (Å²) in [7, 11) is 0. The highest BCUT2D eigenvalue weighted by Gasteiger charge is 2.38. The second-order valence-corrected chi connectivity index (χ2v) is 5.13. The molecule has 0 atom stereocenters. The van der Waals surface area contributed by atoms with Crippen LogP contribution in [-0.2, 0) is 4.79 Å². The average molecular weight is 337 g/mol. The molecule has 8 heteroatoms. The van der Waals surface area contributed by atoms with Gasteiger partial charge in [0.2, 0.25) is 0 Å². The van der Waals surface area contributed by atoms with Crippen LogP contribution in [0, 0.1) is 0 Å². The van der Waals surface area contributed by atoms with Crippen molar-refractivity contribution in [3.05, 3.63) is 28.8 Å². The Balaban J connectivity index is 2.26. The van der Waals surface area contributed by atoms with E-state index >= 15 is 0 Å². The van der Waals surface area contributed by atoms with Crippen molar-refractivity contribution in [3.8, 4) is 0 Å². The number of halogens is 4. The van der Waals surface area contributed by atoms with Gasteiger partial charge in [-0.15, -0.1) is 0 Å². The van der Waals surface area contributed by atoms with E-state index in [2.05, 4.69) is 0 Å². The van der Waals surface area contributed by atoms with Crippen molar-refractivity contribution in [2.24, 2.45) is 0 Å². The Morgan fingerprint density at radius 2 is 1.86 bits per heavy atom. The molecule has 22 heavy (non-hydrogen) atoms. The van der Waals surface area contributed by atoms with Crippen molar-refractivity contribution < 1.29 is 22.8 Å². The minimum atomic E-state index is -4.86. The maximum absolute atomic E-state index is 11.9. The normalized spacial score (nSPS) is 11.3. The molecule has 0 unspecified atom stereocenters. The van der Waals surface area contributed by atoms with Crippen molar-refractivity contribution in [1.29, 1.82) is 0 Å². The Morgan fingerprint density at radius 1 is 1.18 bits per heavy atom. The number of anilines is 1. The first-order chi connectivity index (χ1) is 10.2. The van der Waals surface area contributed by atoms with Gasteiger partial charge in [0.25, 0.3) is 0 Å². The number of ketones is 1. The number of carbonyl (C=O) groups is 2.